The molecule has 0 spiro atoms. The number of rotatable bonds is 3. The van der Waals surface area contributed by atoms with Crippen molar-refractivity contribution in [3.8, 4) is 0 Å². The summed E-state index contributed by atoms with van der Waals surface area (Å²) in [5.41, 5.74) is 5.40. The second-order valence-electron chi connectivity index (χ2n) is 4.71. The number of nitrogens with one attached hydrogen (secondary N) is 2. The summed E-state index contributed by atoms with van der Waals surface area (Å²) < 4.78 is 0. The van der Waals surface area contributed by atoms with Gasteiger partial charge in [0.2, 0.25) is 0 Å². The van der Waals surface area contributed by atoms with Gasteiger partial charge in [-0.2, -0.15) is 0 Å². The van der Waals surface area contributed by atoms with Crippen molar-refractivity contribution >= 4 is 11.8 Å². The van der Waals surface area contributed by atoms with E-state index in [-0.39, 0.29) is 11.8 Å². The quantitative estimate of drug-likeness (QED) is 0.796. The van der Waals surface area contributed by atoms with E-state index in [0.717, 1.165) is 25.9 Å². The van der Waals surface area contributed by atoms with Crippen LogP contribution in [0.25, 0.3) is 0 Å². The Bertz CT molecular complexity index is 428. The second-order valence-corrected chi connectivity index (χ2v) is 4.71. The molecule has 1 heterocycles. The maximum Gasteiger partial charge on any atom is 0.269 e. The molecule has 0 saturated carbocycles. The molecule has 1 saturated heterocycles. The first kappa shape index (κ1) is 13.5. The minimum absolute atomic E-state index is 0.175. The van der Waals surface area contributed by atoms with Gasteiger partial charge in [0, 0.05) is 5.56 Å². The minimum Gasteiger partial charge on any atom is -0.294 e. The molecule has 5 heteroatoms. The molecule has 1 aromatic rings. The molecule has 0 unspecified atom stereocenters. The number of carbonyl (C=O) groups is 2. The predicted molar refractivity (Wildman–Crippen MR) is 72.3 cm³/mol. The average Bonchev–Trinajstić information content (AvgIpc) is 2.47. The average molecular weight is 261 g/mol. The van der Waals surface area contributed by atoms with Crippen LogP contribution in [0.15, 0.2) is 30.3 Å². The van der Waals surface area contributed by atoms with Crippen LogP contribution in [0, 0.1) is 0 Å². The highest BCUT2D eigenvalue weighted by molar-refractivity contribution is 5.95. The first-order chi connectivity index (χ1) is 9.25. The summed E-state index contributed by atoms with van der Waals surface area (Å²) in [4.78, 5) is 25.5. The number of amides is 2. The molecule has 0 atom stereocenters. The van der Waals surface area contributed by atoms with E-state index >= 15 is 0 Å². The van der Waals surface area contributed by atoms with Crippen LogP contribution < -0.4 is 10.9 Å². The molecular formula is C14H19N3O2. The molecule has 0 bridgehead atoms. The van der Waals surface area contributed by atoms with Crippen molar-refractivity contribution in [2.24, 2.45) is 0 Å². The minimum atomic E-state index is -0.299. The zero-order valence-electron chi connectivity index (χ0n) is 10.9. The van der Waals surface area contributed by atoms with Crippen LogP contribution in [0.5, 0.6) is 0 Å². The number of piperidine rings is 1. The second kappa shape index (κ2) is 6.89. The Kier molecular flexibility index (Phi) is 4.92. The van der Waals surface area contributed by atoms with Gasteiger partial charge < -0.3 is 0 Å². The Hall–Kier alpha value is -1.88. The van der Waals surface area contributed by atoms with E-state index < -0.39 is 0 Å². The fourth-order valence-electron chi connectivity index (χ4n) is 2.15. The Balaban J connectivity index is 1.72. The number of carbonyl (C=O) groups excluding carboxylic acids is 2. The van der Waals surface area contributed by atoms with Gasteiger partial charge in [0.1, 0.15) is 0 Å². The van der Waals surface area contributed by atoms with Crippen molar-refractivity contribution in [3.05, 3.63) is 35.9 Å². The summed E-state index contributed by atoms with van der Waals surface area (Å²) in [7, 11) is 0. The lowest BCUT2D eigenvalue weighted by Gasteiger charge is -2.25. The highest BCUT2D eigenvalue weighted by atomic mass is 16.2. The molecule has 19 heavy (non-hydrogen) atoms. The van der Waals surface area contributed by atoms with Crippen LogP contribution in [0.1, 0.15) is 29.6 Å². The molecule has 2 N–H and O–H groups in total. The Morgan fingerprint density at radius 2 is 1.68 bits per heavy atom. The van der Waals surface area contributed by atoms with Crippen LogP contribution in [0.2, 0.25) is 0 Å². The number of benzene rings is 1. The zero-order valence-corrected chi connectivity index (χ0v) is 10.9. The summed E-state index contributed by atoms with van der Waals surface area (Å²) >= 11 is 0. The fraction of sp³-hybridized carbons (Fsp3) is 0.429. The Labute approximate surface area is 112 Å². The summed E-state index contributed by atoms with van der Waals surface area (Å²) in [6.07, 6.45) is 3.52. The van der Waals surface area contributed by atoms with Crippen molar-refractivity contribution in [1.29, 1.82) is 0 Å². The van der Waals surface area contributed by atoms with Crippen LogP contribution in [0.4, 0.5) is 0 Å². The van der Waals surface area contributed by atoms with Crippen LogP contribution in [0.3, 0.4) is 0 Å². The lowest BCUT2D eigenvalue weighted by molar-refractivity contribution is -0.123. The standard InChI is InChI=1S/C14H19N3O2/c18-13(11-17-9-5-2-6-10-17)15-16-14(19)12-7-3-1-4-8-12/h1,3-4,7-8H,2,5-6,9-11H2,(H,15,18)(H,16,19). The van der Waals surface area contributed by atoms with E-state index in [2.05, 4.69) is 15.8 Å². The molecule has 102 valence electrons. The third-order valence-electron chi connectivity index (χ3n) is 3.17. The van der Waals surface area contributed by atoms with Gasteiger partial charge in [-0.05, 0) is 38.1 Å². The monoisotopic (exact) mass is 261 g/mol. The van der Waals surface area contributed by atoms with Crippen molar-refractivity contribution in [3.63, 3.8) is 0 Å². The molecule has 0 aliphatic carbocycles. The van der Waals surface area contributed by atoms with E-state index in [1.165, 1.54) is 6.42 Å². The lowest BCUT2D eigenvalue weighted by atomic mass is 10.1. The van der Waals surface area contributed by atoms with Gasteiger partial charge >= 0.3 is 0 Å². The zero-order chi connectivity index (χ0) is 13.5. The molecular weight excluding hydrogens is 242 g/mol. The van der Waals surface area contributed by atoms with E-state index in [1.807, 2.05) is 6.07 Å². The van der Waals surface area contributed by atoms with Crippen LogP contribution >= 0.6 is 0 Å². The molecule has 2 amide bonds. The first-order valence-electron chi connectivity index (χ1n) is 6.62. The predicted octanol–water partition coefficient (Wildman–Crippen LogP) is 0.934. The summed E-state index contributed by atoms with van der Waals surface area (Å²) in [5.74, 6) is -0.473. The molecule has 1 aliphatic heterocycles. The third-order valence-corrected chi connectivity index (χ3v) is 3.17. The van der Waals surface area contributed by atoms with Gasteiger partial charge in [-0.25, -0.2) is 0 Å². The SMILES string of the molecule is O=C(CN1CCCCC1)NNC(=O)c1ccccc1. The maximum atomic E-state index is 11.7. The smallest absolute Gasteiger partial charge is 0.269 e. The van der Waals surface area contributed by atoms with Gasteiger partial charge in [-0.1, -0.05) is 24.6 Å². The summed E-state index contributed by atoms with van der Waals surface area (Å²) in [5, 5.41) is 0. The van der Waals surface area contributed by atoms with E-state index in [9.17, 15) is 9.59 Å². The molecule has 1 fully saturated rings. The Morgan fingerprint density at radius 3 is 2.37 bits per heavy atom. The van der Waals surface area contributed by atoms with Crippen molar-refractivity contribution < 1.29 is 9.59 Å². The van der Waals surface area contributed by atoms with Crippen molar-refractivity contribution in [1.82, 2.24) is 15.8 Å². The van der Waals surface area contributed by atoms with Gasteiger partial charge in [0.25, 0.3) is 11.8 Å². The summed E-state index contributed by atoms with van der Waals surface area (Å²) in [6, 6.07) is 8.80. The largest absolute Gasteiger partial charge is 0.294 e. The van der Waals surface area contributed by atoms with Gasteiger partial charge in [0.15, 0.2) is 0 Å². The summed E-state index contributed by atoms with van der Waals surface area (Å²) in [6.45, 7) is 2.26. The highest BCUT2D eigenvalue weighted by Crippen LogP contribution is 2.07. The maximum absolute atomic E-state index is 11.7. The van der Waals surface area contributed by atoms with E-state index in [1.54, 1.807) is 24.3 Å². The fourth-order valence-corrected chi connectivity index (χ4v) is 2.15. The molecule has 0 radical (unpaired) electrons. The van der Waals surface area contributed by atoms with Gasteiger partial charge in [-0.15, -0.1) is 0 Å². The number of hydrogen-bond acceptors (Lipinski definition) is 3. The lowest BCUT2D eigenvalue weighted by Crippen LogP contribution is -2.47. The highest BCUT2D eigenvalue weighted by Gasteiger charge is 2.14. The number of hydrazine groups is 1. The van der Waals surface area contributed by atoms with Crippen molar-refractivity contribution in [2.75, 3.05) is 19.6 Å². The molecule has 5 nitrogen and oxygen atoms in total. The van der Waals surface area contributed by atoms with Crippen LogP contribution in [-0.2, 0) is 4.79 Å². The van der Waals surface area contributed by atoms with E-state index in [4.69, 9.17) is 0 Å². The Morgan fingerprint density at radius 1 is 1.00 bits per heavy atom. The molecule has 2 rings (SSSR count). The number of hydrogen-bond donors (Lipinski definition) is 2. The third kappa shape index (κ3) is 4.37. The van der Waals surface area contributed by atoms with Gasteiger partial charge in [-0.3, -0.25) is 25.3 Å². The van der Waals surface area contributed by atoms with Gasteiger partial charge in [0.05, 0.1) is 6.54 Å². The van der Waals surface area contributed by atoms with Crippen LogP contribution in [-0.4, -0.2) is 36.3 Å². The normalized spacial score (nSPS) is 15.8. The van der Waals surface area contributed by atoms with Crippen molar-refractivity contribution in [2.45, 2.75) is 19.3 Å². The molecule has 1 aliphatic rings. The molecule has 0 aromatic heterocycles. The first-order valence-corrected chi connectivity index (χ1v) is 6.62. The molecule has 1 aromatic carbocycles. The topological polar surface area (TPSA) is 61.4 Å². The van der Waals surface area contributed by atoms with E-state index in [0.29, 0.717) is 12.1 Å². The number of likely N-dealkylation sites (tertiary alicyclic amines) is 1. The number of nitrogens with zero attached hydrogens (tertiary/aromatic N) is 1.